The lowest BCUT2D eigenvalue weighted by molar-refractivity contribution is -0.148. The molecule has 0 aliphatic heterocycles. The molecule has 0 radical (unpaired) electrons. The highest BCUT2D eigenvalue weighted by Gasteiger charge is 2.51. The van der Waals surface area contributed by atoms with E-state index in [1.165, 1.54) is 0 Å². The number of nitrogens with zero attached hydrogens (tertiary/aromatic N) is 1. The van der Waals surface area contributed by atoms with Gasteiger partial charge in [-0.25, -0.2) is 0 Å². The van der Waals surface area contributed by atoms with E-state index in [9.17, 15) is 9.90 Å². The fraction of sp³-hybridized carbons (Fsp3) is 0.400. The van der Waals surface area contributed by atoms with Crippen molar-refractivity contribution in [2.45, 2.75) is 24.3 Å². The molecule has 0 spiro atoms. The lowest BCUT2D eigenvalue weighted by Gasteiger charge is -2.41. The van der Waals surface area contributed by atoms with Crippen molar-refractivity contribution in [1.29, 1.82) is 0 Å². The molecular formula is C10H11BrN2O2. The van der Waals surface area contributed by atoms with Crippen molar-refractivity contribution in [1.82, 2.24) is 4.98 Å². The molecule has 2 rings (SSSR count). The third-order valence-corrected chi connectivity index (χ3v) is 3.32. The van der Waals surface area contributed by atoms with E-state index in [0.717, 1.165) is 4.47 Å². The van der Waals surface area contributed by atoms with Gasteiger partial charge in [0.15, 0.2) is 0 Å². The number of carbonyl (C=O) groups is 1. The predicted molar refractivity (Wildman–Crippen MR) is 58.5 cm³/mol. The van der Waals surface area contributed by atoms with E-state index >= 15 is 0 Å². The summed E-state index contributed by atoms with van der Waals surface area (Å²) in [6.07, 6.45) is 2.55. The van der Waals surface area contributed by atoms with Gasteiger partial charge in [0.05, 0.1) is 5.69 Å². The maximum Gasteiger partial charge on any atom is 0.315 e. The SMILES string of the molecule is NC1CC(C(=O)O)(c2ccc(Br)cn2)C1. The molecule has 1 aromatic rings. The number of hydrogen-bond acceptors (Lipinski definition) is 3. The number of hydrogen-bond donors (Lipinski definition) is 2. The minimum absolute atomic E-state index is 0.0217. The first-order valence-corrected chi connectivity index (χ1v) is 5.45. The summed E-state index contributed by atoms with van der Waals surface area (Å²) in [5.41, 5.74) is 5.39. The number of rotatable bonds is 2. The Kier molecular flexibility index (Phi) is 2.52. The molecule has 0 unspecified atom stereocenters. The number of pyridine rings is 1. The molecule has 5 heteroatoms. The van der Waals surface area contributed by atoms with Crippen LogP contribution in [0.2, 0.25) is 0 Å². The summed E-state index contributed by atoms with van der Waals surface area (Å²) in [5, 5.41) is 9.22. The lowest BCUT2D eigenvalue weighted by atomic mass is 9.63. The summed E-state index contributed by atoms with van der Waals surface area (Å²) >= 11 is 3.27. The van der Waals surface area contributed by atoms with Crippen LogP contribution in [-0.2, 0) is 10.2 Å². The van der Waals surface area contributed by atoms with Gasteiger partial charge >= 0.3 is 5.97 Å². The van der Waals surface area contributed by atoms with Gasteiger partial charge in [-0.15, -0.1) is 0 Å². The number of aromatic nitrogens is 1. The summed E-state index contributed by atoms with van der Waals surface area (Å²) < 4.78 is 0.843. The van der Waals surface area contributed by atoms with Crippen molar-refractivity contribution in [2.24, 2.45) is 5.73 Å². The Morgan fingerprint density at radius 2 is 2.27 bits per heavy atom. The molecule has 0 atom stereocenters. The second kappa shape index (κ2) is 3.57. The third-order valence-electron chi connectivity index (χ3n) is 2.85. The highest BCUT2D eigenvalue weighted by Crippen LogP contribution is 2.42. The minimum atomic E-state index is -0.861. The van der Waals surface area contributed by atoms with Crippen LogP contribution in [0.5, 0.6) is 0 Å². The molecule has 1 aromatic heterocycles. The van der Waals surface area contributed by atoms with E-state index in [4.69, 9.17) is 5.73 Å². The van der Waals surface area contributed by atoms with Crippen LogP contribution < -0.4 is 5.73 Å². The molecule has 4 nitrogen and oxygen atoms in total. The molecule has 1 saturated carbocycles. The maximum atomic E-state index is 11.2. The van der Waals surface area contributed by atoms with Gasteiger partial charge in [-0.2, -0.15) is 0 Å². The van der Waals surface area contributed by atoms with Crippen LogP contribution in [0.1, 0.15) is 18.5 Å². The minimum Gasteiger partial charge on any atom is -0.481 e. The first-order chi connectivity index (χ1) is 7.04. The van der Waals surface area contributed by atoms with Crippen LogP contribution >= 0.6 is 15.9 Å². The van der Waals surface area contributed by atoms with Gasteiger partial charge in [0.2, 0.25) is 0 Å². The van der Waals surface area contributed by atoms with Crippen LogP contribution in [0.4, 0.5) is 0 Å². The first kappa shape index (κ1) is 10.6. The number of carboxylic acid groups (broad SMARTS) is 1. The Bertz CT molecular complexity index is 385. The van der Waals surface area contributed by atoms with Crippen molar-refractivity contribution in [2.75, 3.05) is 0 Å². The smallest absolute Gasteiger partial charge is 0.315 e. The second-order valence-electron chi connectivity index (χ2n) is 3.92. The molecule has 0 saturated heterocycles. The molecule has 1 heterocycles. The van der Waals surface area contributed by atoms with Crippen LogP contribution in [-0.4, -0.2) is 22.1 Å². The van der Waals surface area contributed by atoms with Crippen LogP contribution in [0.3, 0.4) is 0 Å². The van der Waals surface area contributed by atoms with Gasteiger partial charge < -0.3 is 10.8 Å². The Morgan fingerprint density at radius 3 is 2.67 bits per heavy atom. The number of nitrogens with two attached hydrogens (primary N) is 1. The van der Waals surface area contributed by atoms with Gasteiger partial charge in [0.25, 0.3) is 0 Å². The van der Waals surface area contributed by atoms with Crippen molar-refractivity contribution >= 4 is 21.9 Å². The van der Waals surface area contributed by atoms with E-state index in [1.54, 1.807) is 18.3 Å². The molecule has 15 heavy (non-hydrogen) atoms. The zero-order chi connectivity index (χ0) is 11.1. The van der Waals surface area contributed by atoms with Gasteiger partial charge in [0.1, 0.15) is 5.41 Å². The average molecular weight is 271 g/mol. The maximum absolute atomic E-state index is 11.2. The van der Waals surface area contributed by atoms with Crippen molar-refractivity contribution in [3.05, 3.63) is 28.5 Å². The summed E-state index contributed by atoms with van der Waals surface area (Å²) in [5.74, 6) is -0.834. The van der Waals surface area contributed by atoms with Gasteiger partial charge in [-0.1, -0.05) is 0 Å². The summed E-state index contributed by atoms with van der Waals surface area (Å²) in [6.45, 7) is 0. The molecular weight excluding hydrogens is 260 g/mol. The topological polar surface area (TPSA) is 76.2 Å². The highest BCUT2D eigenvalue weighted by molar-refractivity contribution is 9.10. The molecule has 0 aromatic carbocycles. The largest absolute Gasteiger partial charge is 0.481 e. The summed E-state index contributed by atoms with van der Waals surface area (Å²) in [4.78, 5) is 15.4. The van der Waals surface area contributed by atoms with Crippen LogP contribution in [0.25, 0.3) is 0 Å². The molecule has 3 N–H and O–H groups in total. The zero-order valence-electron chi connectivity index (χ0n) is 7.98. The second-order valence-corrected chi connectivity index (χ2v) is 4.83. The molecule has 1 aliphatic rings. The highest BCUT2D eigenvalue weighted by atomic mass is 79.9. The molecule has 1 fully saturated rings. The van der Waals surface area contributed by atoms with Crippen molar-refractivity contribution in [3.8, 4) is 0 Å². The van der Waals surface area contributed by atoms with Gasteiger partial charge in [0, 0.05) is 16.7 Å². The Balaban J connectivity index is 2.34. The van der Waals surface area contributed by atoms with E-state index in [-0.39, 0.29) is 6.04 Å². The quantitative estimate of drug-likeness (QED) is 0.849. The molecule has 0 bridgehead atoms. The lowest BCUT2D eigenvalue weighted by Crippen LogP contribution is -2.54. The fourth-order valence-electron chi connectivity index (χ4n) is 1.99. The molecule has 80 valence electrons. The summed E-state index contributed by atoms with van der Waals surface area (Å²) in [6, 6.07) is 3.52. The standard InChI is InChI=1S/C10H11BrN2O2/c11-6-1-2-8(13-5-6)10(9(14)15)3-7(12)4-10/h1-2,5,7H,3-4,12H2,(H,14,15). The van der Waals surface area contributed by atoms with Crippen LogP contribution in [0.15, 0.2) is 22.8 Å². The van der Waals surface area contributed by atoms with E-state index < -0.39 is 11.4 Å². The third kappa shape index (κ3) is 1.66. The van der Waals surface area contributed by atoms with E-state index in [1.807, 2.05) is 0 Å². The van der Waals surface area contributed by atoms with Crippen molar-refractivity contribution < 1.29 is 9.90 Å². The number of aliphatic carboxylic acids is 1. The molecule has 1 aliphatic carbocycles. The monoisotopic (exact) mass is 270 g/mol. The Hall–Kier alpha value is -0.940. The number of halogens is 1. The first-order valence-electron chi connectivity index (χ1n) is 4.65. The normalized spacial score (nSPS) is 29.6. The Labute approximate surface area is 95.6 Å². The predicted octanol–water partition coefficient (Wildman–Crippen LogP) is 1.29. The van der Waals surface area contributed by atoms with E-state index in [2.05, 4.69) is 20.9 Å². The van der Waals surface area contributed by atoms with Gasteiger partial charge in [-0.3, -0.25) is 9.78 Å². The van der Waals surface area contributed by atoms with Crippen molar-refractivity contribution in [3.63, 3.8) is 0 Å². The fourth-order valence-corrected chi connectivity index (χ4v) is 2.22. The molecule has 0 amide bonds. The summed E-state index contributed by atoms with van der Waals surface area (Å²) in [7, 11) is 0. The average Bonchev–Trinajstić information content (AvgIpc) is 2.13. The van der Waals surface area contributed by atoms with Gasteiger partial charge in [-0.05, 0) is 40.9 Å². The zero-order valence-corrected chi connectivity index (χ0v) is 9.57. The van der Waals surface area contributed by atoms with E-state index in [0.29, 0.717) is 18.5 Å². The van der Waals surface area contributed by atoms with Crippen LogP contribution in [0, 0.1) is 0 Å². The Morgan fingerprint density at radius 1 is 1.60 bits per heavy atom. The number of carboxylic acids is 1.